The van der Waals surface area contributed by atoms with Crippen LogP contribution in [0.5, 0.6) is 11.5 Å². The number of sulfonamides is 1. The molecule has 2 aromatic carbocycles. The molecular weight excluding hydrogens is 376 g/mol. The van der Waals surface area contributed by atoms with Crippen molar-refractivity contribution in [1.29, 1.82) is 0 Å². The van der Waals surface area contributed by atoms with E-state index in [0.717, 1.165) is 4.31 Å². The van der Waals surface area contributed by atoms with E-state index < -0.39 is 14.9 Å². The molecule has 1 heterocycles. The number of nitro benzene ring substituents is 1. The average Bonchev–Trinajstić information content (AvgIpc) is 2.67. The summed E-state index contributed by atoms with van der Waals surface area (Å²) < 4.78 is 42.4. The molecule has 0 bridgehead atoms. The molecular formula is C17H18N2O7S. The second-order valence-electron chi connectivity index (χ2n) is 5.90. The normalized spacial score (nSPS) is 13.7. The molecule has 0 unspecified atom stereocenters. The van der Waals surface area contributed by atoms with Crippen LogP contribution in [0.25, 0.3) is 0 Å². The van der Waals surface area contributed by atoms with Gasteiger partial charge < -0.3 is 14.2 Å². The number of benzene rings is 2. The topological polar surface area (TPSA) is 108 Å². The summed E-state index contributed by atoms with van der Waals surface area (Å²) in [7, 11) is -0.903. The zero-order valence-electron chi connectivity index (χ0n) is 14.7. The number of methoxy groups -OCH3 is 1. The van der Waals surface area contributed by atoms with Crippen LogP contribution in [0.4, 0.5) is 5.69 Å². The lowest BCUT2D eigenvalue weighted by atomic mass is 10.1. The third kappa shape index (κ3) is 3.87. The Labute approximate surface area is 156 Å². The van der Waals surface area contributed by atoms with Gasteiger partial charge in [-0.3, -0.25) is 10.1 Å². The Morgan fingerprint density at radius 3 is 2.59 bits per heavy atom. The highest BCUT2D eigenvalue weighted by Gasteiger charge is 2.26. The number of rotatable bonds is 6. The van der Waals surface area contributed by atoms with Gasteiger partial charge in [-0.05, 0) is 24.3 Å². The largest absolute Gasteiger partial charge is 0.497 e. The van der Waals surface area contributed by atoms with E-state index in [4.69, 9.17) is 14.2 Å². The van der Waals surface area contributed by atoms with Crippen molar-refractivity contribution >= 4 is 15.7 Å². The zero-order valence-corrected chi connectivity index (χ0v) is 15.6. The summed E-state index contributed by atoms with van der Waals surface area (Å²) in [5.74, 6) is 0.960. The highest BCUT2D eigenvalue weighted by Crippen LogP contribution is 2.34. The maximum absolute atomic E-state index is 12.8. The standard InChI is InChI=1S/C17H18N2O7S/c1-18(27(22,23)16-5-3-15(24-2)4-6-16)9-12-7-14(19(20)21)8-13-10-25-11-26-17(12)13/h3-8H,9-11H2,1-2H3. The molecule has 0 spiro atoms. The van der Waals surface area contributed by atoms with E-state index in [-0.39, 0.29) is 30.5 Å². The number of ether oxygens (including phenoxy) is 3. The first-order chi connectivity index (χ1) is 12.8. The molecule has 0 radical (unpaired) electrons. The van der Waals surface area contributed by atoms with Crippen molar-refractivity contribution in [2.75, 3.05) is 21.0 Å². The van der Waals surface area contributed by atoms with Gasteiger partial charge in [-0.25, -0.2) is 8.42 Å². The maximum Gasteiger partial charge on any atom is 0.270 e. The molecule has 27 heavy (non-hydrogen) atoms. The first kappa shape index (κ1) is 19.1. The lowest BCUT2D eigenvalue weighted by molar-refractivity contribution is -0.385. The van der Waals surface area contributed by atoms with Crippen LogP contribution in [0.15, 0.2) is 41.3 Å². The Balaban J connectivity index is 1.93. The van der Waals surface area contributed by atoms with E-state index in [1.807, 2.05) is 0 Å². The molecule has 1 aliphatic heterocycles. The molecule has 0 saturated carbocycles. The Hall–Kier alpha value is -2.69. The van der Waals surface area contributed by atoms with Gasteiger partial charge in [0.2, 0.25) is 10.0 Å². The van der Waals surface area contributed by atoms with E-state index in [1.54, 1.807) is 12.1 Å². The summed E-state index contributed by atoms with van der Waals surface area (Å²) >= 11 is 0. The van der Waals surface area contributed by atoms with Crippen LogP contribution in [0.1, 0.15) is 11.1 Å². The van der Waals surface area contributed by atoms with E-state index in [0.29, 0.717) is 22.6 Å². The number of nitro groups is 1. The molecule has 3 rings (SSSR count). The molecule has 2 aromatic rings. The van der Waals surface area contributed by atoms with Crippen LogP contribution in [0.2, 0.25) is 0 Å². The lowest BCUT2D eigenvalue weighted by Crippen LogP contribution is -2.27. The molecule has 9 nitrogen and oxygen atoms in total. The van der Waals surface area contributed by atoms with E-state index in [9.17, 15) is 18.5 Å². The predicted octanol–water partition coefficient (Wildman–Crippen LogP) is 2.29. The molecule has 144 valence electrons. The molecule has 0 fully saturated rings. The molecule has 10 heteroatoms. The lowest BCUT2D eigenvalue weighted by Gasteiger charge is -2.23. The van der Waals surface area contributed by atoms with Crippen LogP contribution in [-0.2, 0) is 27.9 Å². The van der Waals surface area contributed by atoms with Gasteiger partial charge in [0.25, 0.3) is 5.69 Å². The van der Waals surface area contributed by atoms with Gasteiger partial charge >= 0.3 is 0 Å². The van der Waals surface area contributed by atoms with Crippen molar-refractivity contribution < 1.29 is 27.6 Å². The number of fused-ring (bicyclic) bond motifs is 1. The van der Waals surface area contributed by atoms with Crippen molar-refractivity contribution in [2.24, 2.45) is 0 Å². The van der Waals surface area contributed by atoms with E-state index in [1.165, 1.54) is 38.4 Å². The SMILES string of the molecule is COc1ccc(S(=O)(=O)N(C)Cc2cc([N+](=O)[O-])cc3c2OCOC3)cc1. The predicted molar refractivity (Wildman–Crippen MR) is 95.0 cm³/mol. The van der Waals surface area contributed by atoms with Gasteiger partial charge in [-0.2, -0.15) is 4.31 Å². The summed E-state index contributed by atoms with van der Waals surface area (Å²) in [6.45, 7) is 0.0874. The van der Waals surface area contributed by atoms with Gasteiger partial charge in [-0.1, -0.05) is 0 Å². The van der Waals surface area contributed by atoms with E-state index in [2.05, 4.69) is 0 Å². The van der Waals surface area contributed by atoms with Crippen molar-refractivity contribution in [3.8, 4) is 11.5 Å². The molecule has 0 N–H and O–H groups in total. The minimum Gasteiger partial charge on any atom is -0.497 e. The zero-order chi connectivity index (χ0) is 19.6. The average molecular weight is 394 g/mol. The third-order valence-electron chi connectivity index (χ3n) is 4.14. The van der Waals surface area contributed by atoms with E-state index >= 15 is 0 Å². The fourth-order valence-corrected chi connectivity index (χ4v) is 3.91. The molecule has 0 atom stereocenters. The number of hydrogen-bond donors (Lipinski definition) is 0. The minimum absolute atomic E-state index is 0.00670. The summed E-state index contributed by atoms with van der Waals surface area (Å²) in [6, 6.07) is 8.68. The van der Waals surface area contributed by atoms with Gasteiger partial charge in [0.1, 0.15) is 11.5 Å². The summed E-state index contributed by atoms with van der Waals surface area (Å²) in [5.41, 5.74) is 0.774. The first-order valence-corrected chi connectivity index (χ1v) is 9.38. The summed E-state index contributed by atoms with van der Waals surface area (Å²) in [6.07, 6.45) is 0. The Morgan fingerprint density at radius 1 is 1.26 bits per heavy atom. The quantitative estimate of drug-likeness (QED) is 0.546. The fourth-order valence-electron chi connectivity index (χ4n) is 2.76. The molecule has 0 saturated heterocycles. The van der Waals surface area contributed by atoms with Gasteiger partial charge in [0.15, 0.2) is 6.79 Å². The Bertz CT molecular complexity index is 958. The number of non-ortho nitro benzene ring substituents is 1. The van der Waals surface area contributed by atoms with Crippen LogP contribution < -0.4 is 9.47 Å². The monoisotopic (exact) mass is 394 g/mol. The minimum atomic E-state index is -3.80. The smallest absolute Gasteiger partial charge is 0.270 e. The van der Waals surface area contributed by atoms with Crippen molar-refractivity contribution in [2.45, 2.75) is 18.0 Å². The fraction of sp³-hybridized carbons (Fsp3) is 0.294. The maximum atomic E-state index is 12.8. The summed E-state index contributed by atoms with van der Waals surface area (Å²) in [5, 5.41) is 11.2. The van der Waals surface area contributed by atoms with Gasteiger partial charge in [0.05, 0.1) is 23.5 Å². The molecule has 0 aliphatic carbocycles. The molecule has 0 amide bonds. The number of nitrogens with zero attached hydrogens (tertiary/aromatic N) is 2. The second-order valence-corrected chi connectivity index (χ2v) is 7.94. The van der Waals surface area contributed by atoms with Crippen molar-refractivity contribution in [1.82, 2.24) is 4.31 Å². The second kappa shape index (κ2) is 7.51. The van der Waals surface area contributed by atoms with Crippen LogP contribution >= 0.6 is 0 Å². The highest BCUT2D eigenvalue weighted by atomic mass is 32.2. The van der Waals surface area contributed by atoms with Crippen molar-refractivity contribution in [3.05, 3.63) is 57.6 Å². The molecule has 0 aromatic heterocycles. The first-order valence-electron chi connectivity index (χ1n) is 7.94. The van der Waals surface area contributed by atoms with Gasteiger partial charge in [0, 0.05) is 36.9 Å². The molecule has 1 aliphatic rings. The Morgan fingerprint density at radius 2 is 1.96 bits per heavy atom. The number of hydrogen-bond acceptors (Lipinski definition) is 7. The van der Waals surface area contributed by atoms with Crippen LogP contribution in [0, 0.1) is 10.1 Å². The highest BCUT2D eigenvalue weighted by molar-refractivity contribution is 7.89. The van der Waals surface area contributed by atoms with Crippen molar-refractivity contribution in [3.63, 3.8) is 0 Å². The third-order valence-corrected chi connectivity index (χ3v) is 5.96. The van der Waals surface area contributed by atoms with Crippen LogP contribution in [0.3, 0.4) is 0 Å². The Kier molecular flexibility index (Phi) is 5.31. The summed E-state index contributed by atoms with van der Waals surface area (Å²) in [4.78, 5) is 10.7. The van der Waals surface area contributed by atoms with Gasteiger partial charge in [-0.15, -0.1) is 0 Å². The van der Waals surface area contributed by atoms with Crippen LogP contribution in [-0.4, -0.2) is 38.6 Å².